The Kier molecular flexibility index (Phi) is 7.66. The second kappa shape index (κ2) is 12.0. The number of imidazole rings is 1. The third-order valence-corrected chi connectivity index (χ3v) is 11.8. The molecule has 9 nitrogen and oxygen atoms in total. The molecule has 4 atom stereocenters. The van der Waals surface area contributed by atoms with Crippen LogP contribution < -0.4 is 4.74 Å². The second-order valence-corrected chi connectivity index (χ2v) is 15.1. The van der Waals surface area contributed by atoms with Crippen LogP contribution in [0, 0.1) is 24.5 Å². The van der Waals surface area contributed by atoms with E-state index in [1.807, 2.05) is 60.4 Å². The molecule has 6 heterocycles. The highest BCUT2D eigenvalue weighted by Gasteiger charge is 2.46. The Morgan fingerprint density at radius 2 is 1.90 bits per heavy atom. The number of rotatable bonds is 8. The molecule has 51 heavy (non-hydrogen) atoms. The summed E-state index contributed by atoms with van der Waals surface area (Å²) in [6.45, 7) is 11.1. The number of ether oxygens (including phenoxy) is 2. The maximum Gasteiger partial charge on any atom is 0.142 e. The summed E-state index contributed by atoms with van der Waals surface area (Å²) in [5.74, 6) is -0.365. The lowest BCUT2D eigenvalue weighted by molar-refractivity contribution is 0.0203. The number of thiophene rings is 1. The smallest absolute Gasteiger partial charge is 0.142 e. The number of aromatic nitrogens is 5. The summed E-state index contributed by atoms with van der Waals surface area (Å²) in [4.78, 5) is 12.4. The van der Waals surface area contributed by atoms with Gasteiger partial charge in [-0.1, -0.05) is 12.1 Å². The zero-order valence-electron chi connectivity index (χ0n) is 28.8. The Balaban J connectivity index is 1.26. The number of pyridine rings is 1. The third-order valence-electron chi connectivity index (χ3n) is 10.8. The molecule has 1 saturated heterocycles. The van der Waals surface area contributed by atoms with E-state index in [1.165, 1.54) is 17.4 Å². The zero-order valence-corrected chi connectivity index (χ0v) is 29.6. The van der Waals surface area contributed by atoms with Gasteiger partial charge in [0.05, 0.1) is 52.8 Å². The predicted octanol–water partition coefficient (Wildman–Crippen LogP) is 7.97. The van der Waals surface area contributed by atoms with Crippen molar-refractivity contribution in [3.63, 3.8) is 0 Å². The first kappa shape index (κ1) is 32.4. The van der Waals surface area contributed by atoms with Crippen molar-refractivity contribution in [3.8, 4) is 39.5 Å². The minimum absolute atomic E-state index is 0.00559. The first-order chi connectivity index (χ1) is 24.6. The molecule has 2 fully saturated rings. The molecule has 9 rings (SSSR count). The molecule has 6 aromatic rings. The molecule has 2 unspecified atom stereocenters. The van der Waals surface area contributed by atoms with Crippen LogP contribution in [0.25, 0.3) is 54.9 Å². The van der Waals surface area contributed by atoms with Crippen LogP contribution in [0.1, 0.15) is 50.3 Å². The van der Waals surface area contributed by atoms with Gasteiger partial charge < -0.3 is 19.1 Å². The highest BCUT2D eigenvalue weighted by atomic mass is 32.1. The maximum atomic E-state index is 16.4. The third kappa shape index (κ3) is 5.30. The van der Waals surface area contributed by atoms with Crippen LogP contribution in [0.3, 0.4) is 0 Å². The van der Waals surface area contributed by atoms with Crippen molar-refractivity contribution in [2.24, 2.45) is 13.0 Å². The van der Waals surface area contributed by atoms with Gasteiger partial charge in [-0.05, 0) is 69.2 Å². The van der Waals surface area contributed by atoms with Crippen molar-refractivity contribution >= 4 is 32.5 Å². The molecule has 1 N–H and O–H groups in total. The Bertz CT molecular complexity index is 2360. The van der Waals surface area contributed by atoms with E-state index in [0.29, 0.717) is 29.8 Å². The van der Waals surface area contributed by atoms with Gasteiger partial charge in [0.2, 0.25) is 0 Å². The number of benzene rings is 2. The molecule has 4 aromatic heterocycles. The second-order valence-electron chi connectivity index (χ2n) is 14.2. The Morgan fingerprint density at radius 1 is 1.08 bits per heavy atom. The highest BCUT2D eigenvalue weighted by molar-refractivity contribution is 7.18. The maximum absolute atomic E-state index is 16.4. The number of hydrogen-bond donors (Lipinski definition) is 1. The fourth-order valence-electron chi connectivity index (χ4n) is 7.86. The molecule has 2 aromatic carbocycles. The van der Waals surface area contributed by atoms with Gasteiger partial charge in [-0.25, -0.2) is 18.7 Å². The summed E-state index contributed by atoms with van der Waals surface area (Å²) >= 11 is 1.47. The van der Waals surface area contributed by atoms with Crippen molar-refractivity contribution in [1.82, 2.24) is 29.2 Å². The van der Waals surface area contributed by atoms with Crippen molar-refractivity contribution < 1.29 is 23.4 Å². The number of aliphatic hydroxyl groups is 1. The number of aryl methyl sites for hydroxylation is 2. The molecule has 0 amide bonds. The summed E-state index contributed by atoms with van der Waals surface area (Å²) in [7, 11) is 1.99. The fourth-order valence-corrected chi connectivity index (χ4v) is 8.81. The molecule has 0 spiro atoms. The highest BCUT2D eigenvalue weighted by Crippen LogP contribution is 2.48. The number of halogens is 2. The number of fused-ring (bicyclic) bond motifs is 3. The minimum Gasteiger partial charge on any atom is -0.492 e. The number of hydrogen-bond acceptors (Lipinski definition) is 8. The molecule has 0 bridgehead atoms. The van der Waals surface area contributed by atoms with E-state index in [1.54, 1.807) is 0 Å². The van der Waals surface area contributed by atoms with Crippen LogP contribution in [-0.2, 0) is 11.8 Å². The molecule has 3 aliphatic rings. The standard InChI is InChI=1S/C39H38F2N6O3S/c1-6-32-39(50-32)46-17-19(2)47-31(20(46)3)16-29(44-47)37-35(34-27(41)14-24(40)15-33(34)49-18-22-11-25(48)12-22)38-26(9-10-51-38)36(43-37)23-7-8-30-28(13-23)42-21(4)45(30)5/h6-10,13-16,19-20,22,25,32,39,48H,1,11-12,17-18H2,2-5H3/t19-,20+,22?,25?,32?,39?/m0/s1. The average molecular weight is 709 g/mol. The summed E-state index contributed by atoms with van der Waals surface area (Å²) in [6.07, 6.45) is 2.61. The zero-order chi connectivity index (χ0) is 35.3. The number of epoxide rings is 1. The normalized spacial score (nSPS) is 24.5. The van der Waals surface area contributed by atoms with Crippen LogP contribution in [0.5, 0.6) is 5.75 Å². The Hall–Kier alpha value is -4.49. The van der Waals surface area contributed by atoms with Gasteiger partial charge in [0.15, 0.2) is 0 Å². The monoisotopic (exact) mass is 708 g/mol. The van der Waals surface area contributed by atoms with E-state index in [-0.39, 0.29) is 54.4 Å². The molecular weight excluding hydrogens is 671 g/mol. The topological polar surface area (TPSA) is 93.8 Å². The van der Waals surface area contributed by atoms with Gasteiger partial charge >= 0.3 is 0 Å². The van der Waals surface area contributed by atoms with E-state index < -0.39 is 11.6 Å². The van der Waals surface area contributed by atoms with Gasteiger partial charge in [-0.2, -0.15) is 5.10 Å². The van der Waals surface area contributed by atoms with E-state index in [2.05, 4.69) is 29.9 Å². The van der Waals surface area contributed by atoms with Crippen molar-refractivity contribution in [2.75, 3.05) is 13.2 Å². The molecule has 1 aliphatic carbocycles. The minimum atomic E-state index is -0.743. The molecule has 12 heteroatoms. The lowest BCUT2D eigenvalue weighted by Crippen LogP contribution is -2.41. The van der Waals surface area contributed by atoms with Crippen molar-refractivity contribution in [2.45, 2.75) is 64.1 Å². The molecular formula is C39H38F2N6O3S. The van der Waals surface area contributed by atoms with Gasteiger partial charge in [-0.15, -0.1) is 17.9 Å². The SMILES string of the molecule is C=CC1OC1N1C[C@H](C)n2nc(-c3nc(-c4ccc5c(c4)nc(C)n5C)c4ccsc4c3-c3c(F)cc(F)cc3OCC3CC(O)C3)cc2[C@H]1C. The number of aliphatic hydroxyl groups excluding tert-OH is 1. The van der Waals surface area contributed by atoms with Crippen molar-refractivity contribution in [3.05, 3.63) is 83.7 Å². The molecule has 262 valence electrons. The average Bonchev–Trinajstić information content (AvgIpc) is 3.36. The fraction of sp³-hybridized carbons (Fsp3) is 0.359. The Labute approximate surface area is 297 Å². The summed E-state index contributed by atoms with van der Waals surface area (Å²) in [6, 6.07) is 12.3. The summed E-state index contributed by atoms with van der Waals surface area (Å²) < 4.78 is 48.3. The van der Waals surface area contributed by atoms with E-state index >= 15 is 4.39 Å². The van der Waals surface area contributed by atoms with Gasteiger partial charge in [0.1, 0.15) is 46.9 Å². The summed E-state index contributed by atoms with van der Waals surface area (Å²) in [5, 5.41) is 17.8. The van der Waals surface area contributed by atoms with Crippen molar-refractivity contribution in [1.29, 1.82) is 0 Å². The first-order valence-electron chi connectivity index (χ1n) is 17.4. The van der Waals surface area contributed by atoms with Crippen LogP contribution >= 0.6 is 11.3 Å². The molecule has 1 saturated carbocycles. The van der Waals surface area contributed by atoms with Gasteiger partial charge in [-0.3, -0.25) is 9.58 Å². The van der Waals surface area contributed by atoms with Crippen LogP contribution in [-0.4, -0.2) is 65.9 Å². The lowest BCUT2D eigenvalue weighted by atomic mass is 9.83. The number of nitrogens with zero attached hydrogens (tertiary/aromatic N) is 6. The van der Waals surface area contributed by atoms with Crippen LogP contribution in [0.4, 0.5) is 8.78 Å². The predicted molar refractivity (Wildman–Crippen MR) is 194 cm³/mol. The van der Waals surface area contributed by atoms with E-state index in [4.69, 9.17) is 24.5 Å². The first-order valence-corrected chi connectivity index (χ1v) is 18.3. The quantitative estimate of drug-likeness (QED) is 0.127. The van der Waals surface area contributed by atoms with Crippen LogP contribution in [0.15, 0.2) is 60.5 Å². The molecule has 2 aliphatic heterocycles. The Morgan fingerprint density at radius 3 is 2.67 bits per heavy atom. The van der Waals surface area contributed by atoms with Gasteiger partial charge in [0, 0.05) is 46.9 Å². The summed E-state index contributed by atoms with van der Waals surface area (Å²) in [5.41, 5.74) is 6.15. The van der Waals surface area contributed by atoms with E-state index in [9.17, 15) is 9.50 Å². The van der Waals surface area contributed by atoms with Crippen LogP contribution in [0.2, 0.25) is 0 Å². The largest absolute Gasteiger partial charge is 0.492 e. The molecule has 0 radical (unpaired) electrons. The van der Waals surface area contributed by atoms with E-state index in [0.717, 1.165) is 56.5 Å². The van der Waals surface area contributed by atoms with Gasteiger partial charge in [0.25, 0.3) is 0 Å². The lowest BCUT2D eigenvalue weighted by Gasteiger charge is -2.36.